The SMILES string of the molecule is Cc1ccc(O)c(C2=NN[C@@H](c3cccc4ccccc34)C2)c1. The van der Waals surface area contributed by atoms with Crippen molar-refractivity contribution in [1.29, 1.82) is 0 Å². The third-order valence-electron chi connectivity index (χ3n) is 4.41. The summed E-state index contributed by atoms with van der Waals surface area (Å²) in [6, 6.07) is 20.5. The lowest BCUT2D eigenvalue weighted by molar-refractivity contribution is 0.474. The second kappa shape index (κ2) is 5.43. The molecule has 114 valence electrons. The monoisotopic (exact) mass is 302 g/mol. The maximum atomic E-state index is 10.1. The van der Waals surface area contributed by atoms with Crippen LogP contribution in [0.3, 0.4) is 0 Å². The fraction of sp³-hybridized carbons (Fsp3) is 0.150. The molecule has 1 heterocycles. The zero-order valence-corrected chi connectivity index (χ0v) is 13.0. The molecule has 0 amide bonds. The molecule has 4 rings (SSSR count). The average Bonchev–Trinajstić information content (AvgIpc) is 3.06. The Balaban J connectivity index is 1.68. The summed E-state index contributed by atoms with van der Waals surface area (Å²) in [7, 11) is 0. The smallest absolute Gasteiger partial charge is 0.124 e. The summed E-state index contributed by atoms with van der Waals surface area (Å²) in [5.41, 5.74) is 7.33. The standard InChI is InChI=1S/C20H18N2O/c1-13-9-10-20(23)17(11-13)19-12-18(21-22-19)16-8-4-6-14-5-2-3-7-15(14)16/h2-11,18,21,23H,12H2,1H3/t18-/m1/s1. The molecule has 0 aliphatic carbocycles. The number of hydrogen-bond acceptors (Lipinski definition) is 3. The molecule has 1 atom stereocenters. The highest BCUT2D eigenvalue weighted by Crippen LogP contribution is 2.32. The first-order valence-electron chi connectivity index (χ1n) is 7.82. The van der Waals surface area contributed by atoms with Crippen LogP contribution >= 0.6 is 0 Å². The van der Waals surface area contributed by atoms with Gasteiger partial charge >= 0.3 is 0 Å². The number of aryl methyl sites for hydroxylation is 1. The van der Waals surface area contributed by atoms with Crippen LogP contribution in [0.25, 0.3) is 10.8 Å². The summed E-state index contributed by atoms with van der Waals surface area (Å²) in [4.78, 5) is 0. The first-order chi connectivity index (χ1) is 11.2. The second-order valence-corrected chi connectivity index (χ2v) is 6.03. The van der Waals surface area contributed by atoms with Crippen LogP contribution in [0.15, 0.2) is 65.8 Å². The lowest BCUT2D eigenvalue weighted by Gasteiger charge is -2.13. The van der Waals surface area contributed by atoms with Crippen molar-refractivity contribution in [3.63, 3.8) is 0 Å². The highest BCUT2D eigenvalue weighted by atomic mass is 16.3. The molecule has 2 N–H and O–H groups in total. The molecule has 0 fully saturated rings. The van der Waals surface area contributed by atoms with Gasteiger partial charge in [0, 0.05) is 12.0 Å². The van der Waals surface area contributed by atoms with Crippen LogP contribution in [0.5, 0.6) is 5.75 Å². The third-order valence-corrected chi connectivity index (χ3v) is 4.41. The Hall–Kier alpha value is -2.81. The number of nitrogens with zero attached hydrogens (tertiary/aromatic N) is 1. The predicted octanol–water partition coefficient (Wildman–Crippen LogP) is 4.29. The van der Waals surface area contributed by atoms with E-state index in [1.54, 1.807) is 6.07 Å². The molecule has 0 saturated heterocycles. The molecule has 3 aromatic carbocycles. The molecule has 0 spiro atoms. The highest BCUT2D eigenvalue weighted by molar-refractivity contribution is 6.04. The van der Waals surface area contributed by atoms with E-state index in [1.165, 1.54) is 16.3 Å². The van der Waals surface area contributed by atoms with Crippen LogP contribution in [0.2, 0.25) is 0 Å². The fourth-order valence-corrected chi connectivity index (χ4v) is 3.23. The summed E-state index contributed by atoms with van der Waals surface area (Å²) in [5.74, 6) is 0.287. The summed E-state index contributed by atoms with van der Waals surface area (Å²) < 4.78 is 0. The Labute approximate surface area is 135 Å². The quantitative estimate of drug-likeness (QED) is 0.741. The molecular weight excluding hydrogens is 284 g/mol. The molecule has 23 heavy (non-hydrogen) atoms. The summed E-state index contributed by atoms with van der Waals surface area (Å²) in [5, 5.41) is 17.1. The van der Waals surface area contributed by atoms with E-state index < -0.39 is 0 Å². The number of benzene rings is 3. The minimum absolute atomic E-state index is 0.135. The van der Waals surface area contributed by atoms with E-state index >= 15 is 0 Å². The summed E-state index contributed by atoms with van der Waals surface area (Å²) in [6.45, 7) is 2.02. The van der Waals surface area contributed by atoms with Gasteiger partial charge in [-0.2, -0.15) is 5.10 Å². The highest BCUT2D eigenvalue weighted by Gasteiger charge is 2.24. The Kier molecular flexibility index (Phi) is 3.27. The Morgan fingerprint density at radius 1 is 1.04 bits per heavy atom. The molecule has 0 unspecified atom stereocenters. The van der Waals surface area contributed by atoms with Crippen molar-refractivity contribution >= 4 is 16.5 Å². The van der Waals surface area contributed by atoms with Crippen LogP contribution in [-0.4, -0.2) is 10.8 Å². The van der Waals surface area contributed by atoms with Gasteiger partial charge in [-0.3, -0.25) is 0 Å². The first-order valence-corrected chi connectivity index (χ1v) is 7.82. The van der Waals surface area contributed by atoms with Gasteiger partial charge in [0.15, 0.2) is 0 Å². The van der Waals surface area contributed by atoms with Gasteiger partial charge in [0.2, 0.25) is 0 Å². The Morgan fingerprint density at radius 3 is 2.78 bits per heavy atom. The lowest BCUT2D eigenvalue weighted by Crippen LogP contribution is -2.10. The maximum Gasteiger partial charge on any atom is 0.124 e. The molecular formula is C20H18N2O. The van der Waals surface area contributed by atoms with Gasteiger partial charge in [0.25, 0.3) is 0 Å². The minimum Gasteiger partial charge on any atom is -0.507 e. The molecule has 0 bridgehead atoms. The zero-order chi connectivity index (χ0) is 15.8. The van der Waals surface area contributed by atoms with Crippen LogP contribution in [-0.2, 0) is 0 Å². The number of rotatable bonds is 2. The number of aromatic hydroxyl groups is 1. The molecule has 0 saturated carbocycles. The fourth-order valence-electron chi connectivity index (χ4n) is 3.23. The Morgan fingerprint density at radius 2 is 1.87 bits per heavy atom. The largest absolute Gasteiger partial charge is 0.507 e. The van der Waals surface area contributed by atoms with Crippen LogP contribution < -0.4 is 5.43 Å². The van der Waals surface area contributed by atoms with E-state index in [-0.39, 0.29) is 11.8 Å². The van der Waals surface area contributed by atoms with Crippen molar-refractivity contribution in [1.82, 2.24) is 5.43 Å². The number of nitrogens with one attached hydrogen (secondary N) is 1. The summed E-state index contributed by atoms with van der Waals surface area (Å²) >= 11 is 0. The first kappa shape index (κ1) is 13.8. The number of hydrogen-bond donors (Lipinski definition) is 2. The van der Waals surface area contributed by atoms with Gasteiger partial charge < -0.3 is 10.5 Å². The van der Waals surface area contributed by atoms with Crippen molar-refractivity contribution in [3.8, 4) is 5.75 Å². The molecule has 0 aromatic heterocycles. The van der Waals surface area contributed by atoms with Crippen LogP contribution in [0.1, 0.15) is 29.2 Å². The number of hydrazone groups is 1. The van der Waals surface area contributed by atoms with Gasteiger partial charge in [0.1, 0.15) is 5.75 Å². The Bertz CT molecular complexity index is 909. The molecule has 3 nitrogen and oxygen atoms in total. The van der Waals surface area contributed by atoms with Crippen molar-refractivity contribution < 1.29 is 5.11 Å². The normalized spacial score (nSPS) is 17.1. The maximum absolute atomic E-state index is 10.1. The second-order valence-electron chi connectivity index (χ2n) is 6.03. The van der Waals surface area contributed by atoms with Gasteiger partial charge in [0.05, 0.1) is 11.8 Å². The van der Waals surface area contributed by atoms with Crippen molar-refractivity contribution in [2.24, 2.45) is 5.10 Å². The van der Waals surface area contributed by atoms with E-state index in [0.717, 1.165) is 23.3 Å². The zero-order valence-electron chi connectivity index (χ0n) is 13.0. The number of fused-ring (bicyclic) bond motifs is 1. The van der Waals surface area contributed by atoms with Crippen molar-refractivity contribution in [2.45, 2.75) is 19.4 Å². The van der Waals surface area contributed by atoms with Gasteiger partial charge in [-0.1, -0.05) is 54.1 Å². The topological polar surface area (TPSA) is 44.6 Å². The van der Waals surface area contributed by atoms with Gasteiger partial charge in [-0.15, -0.1) is 0 Å². The molecule has 0 radical (unpaired) electrons. The third kappa shape index (κ3) is 2.44. The number of phenolic OH excluding ortho intramolecular Hbond substituents is 1. The van der Waals surface area contributed by atoms with E-state index in [1.807, 2.05) is 19.1 Å². The van der Waals surface area contributed by atoms with E-state index in [4.69, 9.17) is 0 Å². The minimum atomic E-state index is 0.135. The molecule has 3 heteroatoms. The lowest BCUT2D eigenvalue weighted by atomic mass is 9.94. The van der Waals surface area contributed by atoms with Crippen molar-refractivity contribution in [3.05, 3.63) is 77.4 Å². The number of phenols is 1. The molecule has 1 aliphatic rings. The van der Waals surface area contributed by atoms with Crippen LogP contribution in [0, 0.1) is 6.92 Å². The predicted molar refractivity (Wildman–Crippen MR) is 93.8 cm³/mol. The average molecular weight is 302 g/mol. The van der Waals surface area contributed by atoms with Gasteiger partial charge in [-0.05, 0) is 35.4 Å². The van der Waals surface area contributed by atoms with E-state index in [0.29, 0.717) is 0 Å². The van der Waals surface area contributed by atoms with E-state index in [2.05, 4.69) is 53.0 Å². The van der Waals surface area contributed by atoms with Crippen molar-refractivity contribution in [2.75, 3.05) is 0 Å². The molecule has 1 aliphatic heterocycles. The molecule has 3 aromatic rings. The van der Waals surface area contributed by atoms with Crippen LogP contribution in [0.4, 0.5) is 0 Å². The summed E-state index contributed by atoms with van der Waals surface area (Å²) in [6.07, 6.45) is 0.769. The van der Waals surface area contributed by atoms with E-state index in [9.17, 15) is 5.11 Å². The van der Waals surface area contributed by atoms with Gasteiger partial charge in [-0.25, -0.2) is 0 Å².